The molecule has 1 N–H and O–H groups in total. The lowest BCUT2D eigenvalue weighted by molar-refractivity contribution is 0.0696. The third-order valence-electron chi connectivity index (χ3n) is 9.56. The fourth-order valence-corrected chi connectivity index (χ4v) is 8.09. The minimum Gasteiger partial charge on any atom is -0.478 e. The van der Waals surface area contributed by atoms with Gasteiger partial charge < -0.3 is 9.84 Å². The zero-order valence-corrected chi connectivity index (χ0v) is 26.5. The highest BCUT2D eigenvalue weighted by Crippen LogP contribution is 2.47. The molecule has 0 atom stereocenters. The number of hydrogen-bond acceptors (Lipinski definition) is 3. The molecule has 0 saturated heterocycles. The maximum Gasteiger partial charge on any atom is 0.336 e. The van der Waals surface area contributed by atoms with Gasteiger partial charge in [-0.1, -0.05) is 68.5 Å². The topological polar surface area (TPSA) is 58.9 Å². The number of aromatic carboxylic acids is 1. The van der Waals surface area contributed by atoms with Crippen molar-refractivity contribution in [2.24, 2.45) is 10.4 Å². The lowest BCUT2D eigenvalue weighted by Gasteiger charge is -2.31. The first-order chi connectivity index (χ1) is 21.4. The van der Waals surface area contributed by atoms with Crippen molar-refractivity contribution in [3.63, 3.8) is 0 Å². The molecule has 1 aliphatic carbocycles. The Morgan fingerprint density at radius 2 is 1.40 bits per heavy atom. The Balaban J connectivity index is 1.50. The summed E-state index contributed by atoms with van der Waals surface area (Å²) < 4.78 is 7.05. The van der Waals surface area contributed by atoms with Gasteiger partial charge in [0.15, 0.2) is 0 Å². The average Bonchev–Trinajstić information content (AvgIpc) is 2.97. The summed E-state index contributed by atoms with van der Waals surface area (Å²) in [7, 11) is 0. The van der Waals surface area contributed by atoms with Gasteiger partial charge in [0.25, 0.3) is 0 Å². The van der Waals surface area contributed by atoms with Crippen LogP contribution in [0.4, 0.5) is 0 Å². The number of benzene rings is 5. The van der Waals surface area contributed by atoms with E-state index in [2.05, 4.69) is 102 Å². The molecule has 8 rings (SSSR count). The van der Waals surface area contributed by atoms with Crippen molar-refractivity contribution in [2.45, 2.75) is 53.5 Å². The van der Waals surface area contributed by atoms with Crippen LogP contribution in [0, 0.1) is 5.41 Å². The van der Waals surface area contributed by atoms with E-state index in [-0.39, 0.29) is 16.5 Å². The van der Waals surface area contributed by atoms with Crippen LogP contribution in [0.1, 0.15) is 79.7 Å². The lowest BCUT2D eigenvalue weighted by atomic mass is 9.75. The molecule has 5 aromatic rings. The quantitative estimate of drug-likeness (QED) is 0.220. The van der Waals surface area contributed by atoms with Crippen LogP contribution in [0.15, 0.2) is 89.9 Å². The number of carboxylic acid groups (broad SMARTS) is 1. The fourth-order valence-electron chi connectivity index (χ4n) is 8.09. The van der Waals surface area contributed by atoms with E-state index in [4.69, 9.17) is 9.73 Å². The van der Waals surface area contributed by atoms with Crippen molar-refractivity contribution in [2.75, 3.05) is 0 Å². The number of ether oxygens (including phenoxy) is 1. The van der Waals surface area contributed by atoms with Crippen molar-refractivity contribution in [1.29, 1.82) is 0 Å². The van der Waals surface area contributed by atoms with E-state index < -0.39 is 5.97 Å². The summed E-state index contributed by atoms with van der Waals surface area (Å²) in [5, 5.41) is 16.4. The molecule has 3 aliphatic rings. The molecule has 0 bridgehead atoms. The number of carbonyl (C=O) groups is 1. The largest absolute Gasteiger partial charge is 0.478 e. The molecule has 4 heteroatoms. The Morgan fingerprint density at radius 1 is 0.733 bits per heavy atom. The molecule has 45 heavy (non-hydrogen) atoms. The van der Waals surface area contributed by atoms with Crippen molar-refractivity contribution in [3.8, 4) is 11.5 Å². The standard InChI is InChI=1S/C41H35NO3/c1-22-19-40(3,4)21-24-11-12-28-26(34(22)24)13-15-31-36(25-9-7-8-10-30(25)39(43)44)32-16-14-27-29(38(32)45-37(28)31)17-18-33-35(27)23(2)20-41(5,6)42-33/h7-20H,21H2,1-6H3,(H,43,44). The number of nitrogens with zero attached hydrogens (tertiary/aromatic N) is 1. The van der Waals surface area contributed by atoms with E-state index in [9.17, 15) is 9.90 Å². The molecular formula is C41H35NO3. The van der Waals surface area contributed by atoms with E-state index in [1.807, 2.05) is 12.1 Å². The van der Waals surface area contributed by atoms with Gasteiger partial charge in [0.1, 0.15) is 11.5 Å². The van der Waals surface area contributed by atoms with E-state index in [1.165, 1.54) is 22.3 Å². The number of rotatable bonds is 2. The Hall–Kier alpha value is -4.96. The normalized spacial score (nSPS) is 17.2. The smallest absolute Gasteiger partial charge is 0.336 e. The summed E-state index contributed by atoms with van der Waals surface area (Å²) in [6.07, 6.45) is 5.58. The first-order valence-electron chi connectivity index (χ1n) is 15.6. The molecule has 2 aliphatic heterocycles. The predicted octanol–water partition coefficient (Wildman–Crippen LogP) is 8.84. The van der Waals surface area contributed by atoms with Gasteiger partial charge in [0.2, 0.25) is 0 Å². The number of hydrogen-bond donors (Lipinski definition) is 1. The van der Waals surface area contributed by atoms with Gasteiger partial charge in [-0.25, -0.2) is 4.79 Å². The first-order valence-corrected chi connectivity index (χ1v) is 15.6. The molecule has 4 nitrogen and oxygen atoms in total. The first kappa shape index (κ1) is 27.6. The maximum atomic E-state index is 12.5. The number of carboxylic acids is 1. The van der Waals surface area contributed by atoms with E-state index in [0.29, 0.717) is 5.56 Å². The summed E-state index contributed by atoms with van der Waals surface area (Å²) in [6, 6.07) is 24.5. The third-order valence-corrected chi connectivity index (χ3v) is 9.56. The van der Waals surface area contributed by atoms with Gasteiger partial charge in [-0.2, -0.15) is 0 Å². The molecule has 2 heterocycles. The highest BCUT2D eigenvalue weighted by atomic mass is 16.5. The second-order valence-electron chi connectivity index (χ2n) is 14.0. The predicted molar refractivity (Wildman–Crippen MR) is 183 cm³/mol. The summed E-state index contributed by atoms with van der Waals surface area (Å²) >= 11 is 0. The molecule has 0 unspecified atom stereocenters. The highest BCUT2D eigenvalue weighted by Gasteiger charge is 2.30. The van der Waals surface area contributed by atoms with Crippen molar-refractivity contribution in [3.05, 3.63) is 129 Å². The van der Waals surface area contributed by atoms with Gasteiger partial charge >= 0.3 is 5.97 Å². The van der Waals surface area contributed by atoms with Crippen molar-refractivity contribution < 1.29 is 14.6 Å². The Labute approximate surface area is 262 Å². The van der Waals surface area contributed by atoms with Crippen molar-refractivity contribution >= 4 is 44.2 Å². The van der Waals surface area contributed by atoms with E-state index >= 15 is 0 Å². The molecule has 0 aromatic heterocycles. The molecule has 0 fully saturated rings. The number of allylic oxidation sites excluding steroid dienone is 3. The van der Waals surface area contributed by atoms with Crippen LogP contribution >= 0.6 is 0 Å². The Morgan fingerprint density at radius 3 is 2.20 bits per heavy atom. The SMILES string of the molecule is CC1=CC(C)(C)Cc2ccc3c4c(ccc3c21)C(c1ccccc1C(=O)O)=c1ccc2c3c(ccc2c1O4)=NC(C)(C)C=C3C. The van der Waals surface area contributed by atoms with Crippen molar-refractivity contribution in [1.82, 2.24) is 0 Å². The second-order valence-corrected chi connectivity index (χ2v) is 14.0. The molecule has 222 valence electrons. The van der Waals surface area contributed by atoms with Gasteiger partial charge in [-0.05, 0) is 108 Å². The number of fused-ring (bicyclic) bond motifs is 10. The molecule has 0 saturated carbocycles. The summed E-state index contributed by atoms with van der Waals surface area (Å²) in [6.45, 7) is 13.2. The van der Waals surface area contributed by atoms with Crippen LogP contribution in [0.25, 0.3) is 38.3 Å². The second kappa shape index (κ2) is 9.28. The van der Waals surface area contributed by atoms with Gasteiger partial charge in [0.05, 0.1) is 16.5 Å². The summed E-state index contributed by atoms with van der Waals surface area (Å²) in [5.41, 5.74) is 8.73. The molecule has 0 spiro atoms. The molecule has 5 aromatic carbocycles. The molecule has 0 radical (unpaired) electrons. The third kappa shape index (κ3) is 4.12. The fraction of sp³-hybridized carbons (Fsp3) is 0.220. The summed E-state index contributed by atoms with van der Waals surface area (Å²) in [5.74, 6) is 0.555. The zero-order valence-electron chi connectivity index (χ0n) is 26.5. The van der Waals surface area contributed by atoms with Crippen LogP contribution in [0.3, 0.4) is 0 Å². The van der Waals surface area contributed by atoms with Crippen LogP contribution in [-0.4, -0.2) is 16.6 Å². The lowest BCUT2D eigenvalue weighted by Crippen LogP contribution is -2.26. The minimum absolute atomic E-state index is 0.0992. The van der Waals surface area contributed by atoms with Gasteiger partial charge in [-0.15, -0.1) is 0 Å². The zero-order chi connectivity index (χ0) is 31.4. The molecular weight excluding hydrogens is 554 g/mol. The molecule has 0 amide bonds. The van der Waals surface area contributed by atoms with Crippen LogP contribution < -0.4 is 15.3 Å². The average molecular weight is 590 g/mol. The van der Waals surface area contributed by atoms with E-state index in [1.54, 1.807) is 12.1 Å². The Kier molecular flexibility index (Phi) is 5.68. The summed E-state index contributed by atoms with van der Waals surface area (Å²) in [4.78, 5) is 17.6. The van der Waals surface area contributed by atoms with Gasteiger partial charge in [0, 0.05) is 32.7 Å². The van der Waals surface area contributed by atoms with E-state index in [0.717, 1.165) is 66.7 Å². The maximum absolute atomic E-state index is 12.5. The van der Waals surface area contributed by atoms with Crippen LogP contribution in [0.2, 0.25) is 0 Å². The minimum atomic E-state index is -0.953. The highest BCUT2D eigenvalue weighted by molar-refractivity contribution is 6.07. The van der Waals surface area contributed by atoms with Gasteiger partial charge in [-0.3, -0.25) is 4.99 Å². The Bertz CT molecular complexity index is 2370. The monoisotopic (exact) mass is 589 g/mol. The van der Waals surface area contributed by atoms with Crippen LogP contribution in [0.5, 0.6) is 11.5 Å². The van der Waals surface area contributed by atoms with Crippen LogP contribution in [-0.2, 0) is 6.42 Å².